The van der Waals surface area contributed by atoms with Crippen molar-refractivity contribution in [1.82, 2.24) is 0 Å². The van der Waals surface area contributed by atoms with Crippen molar-refractivity contribution in [3.63, 3.8) is 0 Å². The molecule has 2 aromatic carbocycles. The first-order chi connectivity index (χ1) is 10.2. The molecular weight excluding hydrogens is 268 g/mol. The van der Waals surface area contributed by atoms with Crippen molar-refractivity contribution in [3.8, 4) is 5.75 Å². The molecule has 2 aromatic rings. The van der Waals surface area contributed by atoms with Gasteiger partial charge in [-0.2, -0.15) is 0 Å². The van der Waals surface area contributed by atoms with Gasteiger partial charge in [-0.1, -0.05) is 42.5 Å². The molecule has 0 saturated heterocycles. The number of hydrogen-bond acceptors (Lipinski definition) is 3. The van der Waals surface area contributed by atoms with Crippen molar-refractivity contribution in [2.45, 2.75) is 19.4 Å². The molecule has 0 saturated carbocycles. The Kier molecular flexibility index (Phi) is 5.35. The van der Waals surface area contributed by atoms with Gasteiger partial charge in [0.2, 0.25) is 0 Å². The molecule has 2 rings (SSSR count). The summed E-state index contributed by atoms with van der Waals surface area (Å²) >= 11 is 0. The van der Waals surface area contributed by atoms with E-state index < -0.39 is 5.97 Å². The molecule has 0 amide bonds. The summed E-state index contributed by atoms with van der Waals surface area (Å²) in [5.74, 6) is -0.139. The Labute approximate surface area is 123 Å². The zero-order valence-electron chi connectivity index (χ0n) is 11.7. The number of aliphatic carboxylic acids is 1. The average molecular weight is 286 g/mol. The van der Waals surface area contributed by atoms with E-state index in [2.05, 4.69) is 0 Å². The number of hydrogen-bond donors (Lipinski definition) is 2. The number of carbonyl (C=O) groups is 1. The summed E-state index contributed by atoms with van der Waals surface area (Å²) in [5.41, 5.74) is 2.55. The van der Waals surface area contributed by atoms with Crippen LogP contribution in [0.15, 0.2) is 48.5 Å². The standard InChI is InChI=1S/C17H18O4/c18-10-9-13-5-3-4-8-16(13)21-12-15-7-2-1-6-14(15)11-17(19)20/h1-8,18H,9-12H2,(H,19,20). The smallest absolute Gasteiger partial charge is 0.307 e. The summed E-state index contributed by atoms with van der Waals surface area (Å²) in [6.45, 7) is 0.377. The molecule has 4 nitrogen and oxygen atoms in total. The highest BCUT2D eigenvalue weighted by molar-refractivity contribution is 5.70. The normalized spacial score (nSPS) is 10.3. The lowest BCUT2D eigenvalue weighted by molar-refractivity contribution is -0.136. The lowest BCUT2D eigenvalue weighted by atomic mass is 10.1. The Morgan fingerprint density at radius 3 is 2.24 bits per heavy atom. The van der Waals surface area contributed by atoms with Crippen LogP contribution < -0.4 is 4.74 Å². The van der Waals surface area contributed by atoms with E-state index in [1.807, 2.05) is 42.5 Å². The first-order valence-electron chi connectivity index (χ1n) is 6.81. The minimum atomic E-state index is -0.858. The van der Waals surface area contributed by atoms with E-state index in [0.717, 1.165) is 22.4 Å². The highest BCUT2D eigenvalue weighted by atomic mass is 16.5. The van der Waals surface area contributed by atoms with Crippen LogP contribution in [0.3, 0.4) is 0 Å². The van der Waals surface area contributed by atoms with Crippen LogP contribution in [0.2, 0.25) is 0 Å². The van der Waals surface area contributed by atoms with E-state index in [9.17, 15) is 4.79 Å². The first-order valence-corrected chi connectivity index (χ1v) is 6.81. The van der Waals surface area contributed by atoms with Crippen LogP contribution in [0.1, 0.15) is 16.7 Å². The van der Waals surface area contributed by atoms with Crippen LogP contribution in [0, 0.1) is 0 Å². The number of aliphatic hydroxyl groups is 1. The molecule has 4 heteroatoms. The topological polar surface area (TPSA) is 66.8 Å². The second kappa shape index (κ2) is 7.45. The molecule has 0 aliphatic rings. The van der Waals surface area contributed by atoms with E-state index in [-0.39, 0.29) is 13.0 Å². The minimum Gasteiger partial charge on any atom is -0.489 e. The number of para-hydroxylation sites is 1. The largest absolute Gasteiger partial charge is 0.489 e. The van der Waals surface area contributed by atoms with Crippen LogP contribution in [-0.4, -0.2) is 22.8 Å². The lowest BCUT2D eigenvalue weighted by Gasteiger charge is -2.13. The van der Waals surface area contributed by atoms with Gasteiger partial charge in [0.25, 0.3) is 0 Å². The van der Waals surface area contributed by atoms with E-state index in [1.54, 1.807) is 6.07 Å². The molecule has 0 radical (unpaired) electrons. The number of benzene rings is 2. The van der Waals surface area contributed by atoms with E-state index in [1.165, 1.54) is 0 Å². The maximum Gasteiger partial charge on any atom is 0.307 e. The van der Waals surface area contributed by atoms with Crippen LogP contribution in [-0.2, 0) is 24.2 Å². The fourth-order valence-corrected chi connectivity index (χ4v) is 2.16. The molecule has 110 valence electrons. The van der Waals surface area contributed by atoms with Crippen molar-refractivity contribution in [2.75, 3.05) is 6.61 Å². The third-order valence-corrected chi connectivity index (χ3v) is 3.20. The van der Waals surface area contributed by atoms with Crippen molar-refractivity contribution < 1.29 is 19.7 Å². The fraction of sp³-hybridized carbons (Fsp3) is 0.235. The molecule has 0 aliphatic carbocycles. The van der Waals surface area contributed by atoms with Gasteiger partial charge in [0.15, 0.2) is 0 Å². The lowest BCUT2D eigenvalue weighted by Crippen LogP contribution is -2.06. The quantitative estimate of drug-likeness (QED) is 0.820. The van der Waals surface area contributed by atoms with Gasteiger partial charge in [-0.25, -0.2) is 0 Å². The number of ether oxygens (including phenoxy) is 1. The molecule has 2 N–H and O–H groups in total. The van der Waals surface area contributed by atoms with Gasteiger partial charge in [0.05, 0.1) is 6.42 Å². The van der Waals surface area contributed by atoms with Crippen LogP contribution >= 0.6 is 0 Å². The third-order valence-electron chi connectivity index (χ3n) is 3.20. The number of rotatable bonds is 7. The number of aliphatic hydroxyl groups excluding tert-OH is 1. The predicted molar refractivity (Wildman–Crippen MR) is 79.3 cm³/mol. The fourth-order valence-electron chi connectivity index (χ4n) is 2.16. The Hall–Kier alpha value is -2.33. The molecule has 0 fully saturated rings. The zero-order chi connectivity index (χ0) is 15.1. The van der Waals surface area contributed by atoms with Gasteiger partial charge < -0.3 is 14.9 Å². The summed E-state index contributed by atoms with van der Waals surface area (Å²) in [6.07, 6.45) is 0.519. The van der Waals surface area contributed by atoms with Gasteiger partial charge in [0.1, 0.15) is 12.4 Å². The Morgan fingerprint density at radius 1 is 0.952 bits per heavy atom. The molecule has 0 atom stereocenters. The summed E-state index contributed by atoms with van der Waals surface area (Å²) in [6, 6.07) is 14.9. The summed E-state index contributed by atoms with van der Waals surface area (Å²) in [5, 5.41) is 18.0. The predicted octanol–water partition coefficient (Wildman–Crippen LogP) is 2.43. The molecular formula is C17H18O4. The SMILES string of the molecule is O=C(O)Cc1ccccc1COc1ccccc1CCO. The summed E-state index contributed by atoms with van der Waals surface area (Å²) < 4.78 is 5.79. The first kappa shape index (κ1) is 15.1. The van der Waals surface area contributed by atoms with E-state index in [0.29, 0.717) is 13.0 Å². The molecule has 0 aliphatic heterocycles. The van der Waals surface area contributed by atoms with Crippen molar-refractivity contribution >= 4 is 5.97 Å². The molecule has 0 heterocycles. The maximum absolute atomic E-state index is 10.9. The Bertz CT molecular complexity index is 607. The van der Waals surface area contributed by atoms with Gasteiger partial charge in [-0.3, -0.25) is 4.79 Å². The van der Waals surface area contributed by atoms with Crippen LogP contribution in [0.5, 0.6) is 5.75 Å². The molecule has 0 bridgehead atoms. The van der Waals surface area contributed by atoms with E-state index >= 15 is 0 Å². The number of carboxylic acid groups (broad SMARTS) is 1. The van der Waals surface area contributed by atoms with Crippen molar-refractivity contribution in [1.29, 1.82) is 0 Å². The second-order valence-electron chi connectivity index (χ2n) is 4.71. The third kappa shape index (κ3) is 4.33. The Balaban J connectivity index is 2.11. The van der Waals surface area contributed by atoms with E-state index in [4.69, 9.17) is 14.9 Å². The monoisotopic (exact) mass is 286 g/mol. The molecule has 0 unspecified atom stereocenters. The van der Waals surface area contributed by atoms with Crippen LogP contribution in [0.4, 0.5) is 0 Å². The van der Waals surface area contributed by atoms with Crippen molar-refractivity contribution in [2.24, 2.45) is 0 Å². The van der Waals surface area contributed by atoms with Gasteiger partial charge >= 0.3 is 5.97 Å². The second-order valence-corrected chi connectivity index (χ2v) is 4.71. The Morgan fingerprint density at radius 2 is 1.57 bits per heavy atom. The highest BCUT2D eigenvalue weighted by Gasteiger charge is 2.08. The zero-order valence-corrected chi connectivity index (χ0v) is 11.7. The van der Waals surface area contributed by atoms with Gasteiger partial charge in [-0.15, -0.1) is 0 Å². The van der Waals surface area contributed by atoms with Gasteiger partial charge in [0, 0.05) is 6.61 Å². The summed E-state index contributed by atoms with van der Waals surface area (Å²) in [7, 11) is 0. The summed E-state index contributed by atoms with van der Waals surface area (Å²) in [4.78, 5) is 10.9. The van der Waals surface area contributed by atoms with Gasteiger partial charge in [-0.05, 0) is 29.2 Å². The molecule has 0 spiro atoms. The molecule has 0 aromatic heterocycles. The number of carboxylic acids is 1. The minimum absolute atomic E-state index is 0.0161. The molecule has 21 heavy (non-hydrogen) atoms. The highest BCUT2D eigenvalue weighted by Crippen LogP contribution is 2.21. The average Bonchev–Trinajstić information content (AvgIpc) is 2.47. The maximum atomic E-state index is 10.9. The van der Waals surface area contributed by atoms with Crippen molar-refractivity contribution in [3.05, 3.63) is 65.2 Å². The van der Waals surface area contributed by atoms with Crippen LogP contribution in [0.25, 0.3) is 0 Å².